The van der Waals surface area contributed by atoms with Crippen LogP contribution in [0.1, 0.15) is 32.0 Å². The fourth-order valence-electron chi connectivity index (χ4n) is 2.40. The Bertz CT molecular complexity index is 588. The summed E-state index contributed by atoms with van der Waals surface area (Å²) in [4.78, 5) is 0. The molecule has 88 valence electrons. The van der Waals surface area contributed by atoms with Gasteiger partial charge in [-0.1, -0.05) is 30.4 Å². The highest BCUT2D eigenvalue weighted by Crippen LogP contribution is 2.27. The van der Waals surface area contributed by atoms with E-state index in [0.717, 1.165) is 17.8 Å². The van der Waals surface area contributed by atoms with Crippen LogP contribution in [0.4, 0.5) is 0 Å². The molecule has 0 saturated carbocycles. The van der Waals surface area contributed by atoms with Gasteiger partial charge >= 0.3 is 0 Å². The smallest absolute Gasteiger partial charge is 0.0699 e. The van der Waals surface area contributed by atoms with Gasteiger partial charge in [0, 0.05) is 23.0 Å². The third-order valence-electron chi connectivity index (χ3n) is 3.01. The van der Waals surface area contributed by atoms with Gasteiger partial charge in [-0.25, -0.2) is 0 Å². The van der Waals surface area contributed by atoms with Crippen molar-refractivity contribution in [3.63, 3.8) is 0 Å². The van der Waals surface area contributed by atoms with E-state index in [1.165, 1.54) is 10.9 Å². The first-order chi connectivity index (χ1) is 8.20. The number of aromatic nitrogens is 1. The second-order valence-electron chi connectivity index (χ2n) is 4.15. The summed E-state index contributed by atoms with van der Waals surface area (Å²) in [5.41, 5.74) is 4.03. The van der Waals surface area contributed by atoms with Crippen LogP contribution >= 0.6 is 0 Å². The summed E-state index contributed by atoms with van der Waals surface area (Å²) in [6.45, 7) is 6.89. The predicted molar refractivity (Wildman–Crippen MR) is 74.8 cm³/mol. The van der Waals surface area contributed by atoms with Gasteiger partial charge in [0.05, 0.1) is 11.4 Å². The van der Waals surface area contributed by atoms with Crippen molar-refractivity contribution in [2.24, 2.45) is 0 Å². The van der Waals surface area contributed by atoms with Crippen LogP contribution in [0.25, 0.3) is 17.0 Å². The molecule has 0 spiro atoms. The SMILES string of the molecule is C/C=C\c1c(C(C)=N)n(CC)c2ccccc12. The van der Waals surface area contributed by atoms with Crippen molar-refractivity contribution < 1.29 is 0 Å². The van der Waals surface area contributed by atoms with Gasteiger partial charge < -0.3 is 9.98 Å². The minimum atomic E-state index is 0.621. The minimum Gasteiger partial charge on any atom is -0.339 e. The second kappa shape index (κ2) is 4.58. The first kappa shape index (κ1) is 11.6. The molecule has 0 amide bonds. The predicted octanol–water partition coefficient (Wildman–Crippen LogP) is 4.08. The topological polar surface area (TPSA) is 28.8 Å². The molecule has 1 aromatic heterocycles. The molecule has 2 nitrogen and oxygen atoms in total. The molecule has 0 aliphatic heterocycles. The van der Waals surface area contributed by atoms with Gasteiger partial charge in [0.1, 0.15) is 0 Å². The molecule has 0 aliphatic rings. The number of fused-ring (bicyclic) bond motifs is 1. The second-order valence-corrected chi connectivity index (χ2v) is 4.15. The van der Waals surface area contributed by atoms with E-state index in [9.17, 15) is 0 Å². The van der Waals surface area contributed by atoms with E-state index in [2.05, 4.69) is 41.8 Å². The standard InChI is InChI=1S/C15H18N2/c1-4-8-13-12-9-6-7-10-14(12)17(5-2)15(13)11(3)16/h4,6-10,16H,5H2,1-3H3/b8-4-,16-11?. The van der Waals surface area contributed by atoms with Crippen molar-refractivity contribution in [3.05, 3.63) is 41.6 Å². The van der Waals surface area contributed by atoms with Gasteiger partial charge in [-0.3, -0.25) is 0 Å². The van der Waals surface area contributed by atoms with Crippen LogP contribution in [0, 0.1) is 5.41 Å². The number of hydrogen-bond acceptors (Lipinski definition) is 1. The maximum absolute atomic E-state index is 7.98. The molecule has 0 radical (unpaired) electrons. The summed E-state index contributed by atoms with van der Waals surface area (Å²) in [5.74, 6) is 0. The maximum Gasteiger partial charge on any atom is 0.0699 e. The van der Waals surface area contributed by atoms with E-state index >= 15 is 0 Å². The number of benzene rings is 1. The third kappa shape index (κ3) is 1.80. The Hall–Kier alpha value is -1.83. The lowest BCUT2D eigenvalue weighted by atomic mass is 10.1. The molecule has 2 rings (SSSR count). The Labute approximate surface area is 102 Å². The first-order valence-electron chi connectivity index (χ1n) is 6.00. The highest BCUT2D eigenvalue weighted by molar-refractivity contribution is 6.06. The first-order valence-corrected chi connectivity index (χ1v) is 6.00. The van der Waals surface area contributed by atoms with Crippen molar-refractivity contribution in [3.8, 4) is 0 Å². The van der Waals surface area contributed by atoms with Crippen molar-refractivity contribution in [1.82, 2.24) is 4.57 Å². The average Bonchev–Trinajstić information content (AvgIpc) is 2.64. The molecule has 1 N–H and O–H groups in total. The van der Waals surface area contributed by atoms with Gasteiger partial charge in [-0.05, 0) is 26.8 Å². The lowest BCUT2D eigenvalue weighted by Crippen LogP contribution is -2.06. The van der Waals surface area contributed by atoms with Crippen molar-refractivity contribution in [1.29, 1.82) is 5.41 Å². The zero-order valence-corrected chi connectivity index (χ0v) is 10.6. The molecular formula is C15H18N2. The summed E-state index contributed by atoms with van der Waals surface area (Å²) < 4.78 is 2.22. The van der Waals surface area contributed by atoms with Gasteiger partial charge in [-0.2, -0.15) is 0 Å². The van der Waals surface area contributed by atoms with Crippen molar-refractivity contribution >= 4 is 22.7 Å². The quantitative estimate of drug-likeness (QED) is 0.764. The number of allylic oxidation sites excluding steroid dienone is 1. The third-order valence-corrected chi connectivity index (χ3v) is 3.01. The Morgan fingerprint density at radius 2 is 2.06 bits per heavy atom. The van der Waals surface area contributed by atoms with Crippen LogP contribution in [0.5, 0.6) is 0 Å². The lowest BCUT2D eigenvalue weighted by molar-refractivity contribution is 0.788. The summed E-state index contributed by atoms with van der Waals surface area (Å²) >= 11 is 0. The Morgan fingerprint density at radius 1 is 1.35 bits per heavy atom. The highest BCUT2D eigenvalue weighted by atomic mass is 15.0. The lowest BCUT2D eigenvalue weighted by Gasteiger charge is -2.07. The zero-order valence-electron chi connectivity index (χ0n) is 10.6. The van der Waals surface area contributed by atoms with Crippen LogP contribution < -0.4 is 0 Å². The summed E-state index contributed by atoms with van der Waals surface area (Å²) in [7, 11) is 0. The monoisotopic (exact) mass is 226 g/mol. The van der Waals surface area contributed by atoms with Crippen molar-refractivity contribution in [2.75, 3.05) is 0 Å². The van der Waals surface area contributed by atoms with E-state index < -0.39 is 0 Å². The fourth-order valence-corrected chi connectivity index (χ4v) is 2.40. The molecule has 1 aromatic carbocycles. The largest absolute Gasteiger partial charge is 0.339 e. The normalized spacial score (nSPS) is 11.5. The van der Waals surface area contributed by atoms with Gasteiger partial charge in [-0.15, -0.1) is 0 Å². The van der Waals surface area contributed by atoms with E-state index in [4.69, 9.17) is 5.41 Å². The number of aryl methyl sites for hydroxylation is 1. The van der Waals surface area contributed by atoms with E-state index in [1.807, 2.05) is 19.9 Å². The molecule has 0 fully saturated rings. The number of nitrogens with one attached hydrogen (secondary N) is 1. The fraction of sp³-hybridized carbons (Fsp3) is 0.267. The van der Waals surface area contributed by atoms with E-state index in [0.29, 0.717) is 5.71 Å². The highest BCUT2D eigenvalue weighted by Gasteiger charge is 2.14. The van der Waals surface area contributed by atoms with E-state index in [-0.39, 0.29) is 0 Å². The Balaban J connectivity index is 2.92. The summed E-state index contributed by atoms with van der Waals surface area (Å²) in [6, 6.07) is 8.36. The number of nitrogens with zero attached hydrogens (tertiary/aromatic N) is 1. The molecule has 0 saturated heterocycles. The molecule has 0 atom stereocenters. The van der Waals surface area contributed by atoms with Gasteiger partial charge in [0.25, 0.3) is 0 Å². The van der Waals surface area contributed by atoms with Crippen molar-refractivity contribution in [2.45, 2.75) is 27.3 Å². The molecule has 0 unspecified atom stereocenters. The molecule has 0 bridgehead atoms. The van der Waals surface area contributed by atoms with Crippen LogP contribution in [-0.4, -0.2) is 10.3 Å². The number of rotatable bonds is 3. The Kier molecular flexibility index (Phi) is 3.14. The molecule has 2 aromatic rings. The Morgan fingerprint density at radius 3 is 2.65 bits per heavy atom. The average molecular weight is 226 g/mol. The van der Waals surface area contributed by atoms with Crippen LogP contribution in [0.15, 0.2) is 30.3 Å². The summed E-state index contributed by atoms with van der Waals surface area (Å²) in [5, 5.41) is 9.21. The van der Waals surface area contributed by atoms with Crippen LogP contribution in [-0.2, 0) is 6.54 Å². The number of para-hydroxylation sites is 1. The minimum absolute atomic E-state index is 0.621. The molecular weight excluding hydrogens is 208 g/mol. The van der Waals surface area contributed by atoms with Gasteiger partial charge in [0.15, 0.2) is 0 Å². The molecule has 17 heavy (non-hydrogen) atoms. The van der Waals surface area contributed by atoms with Crippen LogP contribution in [0.2, 0.25) is 0 Å². The van der Waals surface area contributed by atoms with Crippen LogP contribution in [0.3, 0.4) is 0 Å². The molecule has 0 aliphatic carbocycles. The maximum atomic E-state index is 7.98. The molecule has 1 heterocycles. The molecule has 2 heteroatoms. The van der Waals surface area contributed by atoms with Gasteiger partial charge in [0.2, 0.25) is 0 Å². The summed E-state index contributed by atoms with van der Waals surface area (Å²) in [6.07, 6.45) is 4.14. The van der Waals surface area contributed by atoms with E-state index in [1.54, 1.807) is 0 Å². The zero-order chi connectivity index (χ0) is 12.4. The number of hydrogen-bond donors (Lipinski definition) is 1.